The molecule has 4 atom stereocenters. The van der Waals surface area contributed by atoms with Gasteiger partial charge in [-0.2, -0.15) is 0 Å². The zero-order valence-electron chi connectivity index (χ0n) is 20.6. The number of hydrogen-bond donors (Lipinski definition) is 0. The highest BCUT2D eigenvalue weighted by molar-refractivity contribution is 5.96. The molecular formula is C34H32O2. The third kappa shape index (κ3) is 3.81. The van der Waals surface area contributed by atoms with E-state index in [9.17, 15) is 4.79 Å². The summed E-state index contributed by atoms with van der Waals surface area (Å²) in [6.45, 7) is 0.569. The molecule has 0 heterocycles. The van der Waals surface area contributed by atoms with Gasteiger partial charge in [-0.1, -0.05) is 121 Å². The van der Waals surface area contributed by atoms with E-state index < -0.39 is 5.41 Å². The minimum absolute atomic E-state index is 0.00420. The Morgan fingerprint density at radius 1 is 0.639 bits per heavy atom. The van der Waals surface area contributed by atoms with Gasteiger partial charge in [-0.25, -0.2) is 0 Å². The van der Waals surface area contributed by atoms with E-state index in [0.29, 0.717) is 18.8 Å². The first-order valence-electron chi connectivity index (χ1n) is 13.0. The smallest absolute Gasteiger partial charge is 0.141 e. The Kier molecular flexibility index (Phi) is 6.07. The molecule has 0 radical (unpaired) electrons. The van der Waals surface area contributed by atoms with Crippen LogP contribution in [0, 0.1) is 10.8 Å². The second kappa shape index (κ2) is 9.52. The Morgan fingerprint density at radius 2 is 1.14 bits per heavy atom. The summed E-state index contributed by atoms with van der Waals surface area (Å²) in [6.07, 6.45) is 3.06. The number of carbonyl (C=O) groups is 1. The van der Waals surface area contributed by atoms with Gasteiger partial charge in [-0.15, -0.1) is 0 Å². The Labute approximate surface area is 214 Å². The number of Topliss-reactive ketones (excluding diaryl/α,β-unsaturated/α-hetero) is 1. The molecule has 2 nitrogen and oxygen atoms in total. The Balaban J connectivity index is 1.46. The molecule has 0 aliphatic heterocycles. The number of ether oxygens (including phenoxy) is 1. The van der Waals surface area contributed by atoms with E-state index >= 15 is 0 Å². The van der Waals surface area contributed by atoms with Crippen LogP contribution in [0.4, 0.5) is 0 Å². The van der Waals surface area contributed by atoms with Crippen molar-refractivity contribution in [3.05, 3.63) is 144 Å². The van der Waals surface area contributed by atoms with Crippen molar-refractivity contribution in [3.63, 3.8) is 0 Å². The molecule has 0 bridgehead atoms. The minimum atomic E-state index is -0.479. The molecule has 0 N–H and O–H groups in total. The summed E-state index contributed by atoms with van der Waals surface area (Å²) in [5, 5.41) is 0. The first-order chi connectivity index (χ1) is 17.7. The van der Waals surface area contributed by atoms with Gasteiger partial charge in [-0.3, -0.25) is 4.79 Å². The van der Waals surface area contributed by atoms with E-state index in [1.54, 1.807) is 0 Å². The van der Waals surface area contributed by atoms with Crippen molar-refractivity contribution in [1.29, 1.82) is 0 Å². The molecule has 2 fully saturated rings. The number of carbonyl (C=O) groups excluding carboxylic acids is 1. The van der Waals surface area contributed by atoms with E-state index in [-0.39, 0.29) is 17.4 Å². The maximum Gasteiger partial charge on any atom is 0.141 e. The number of hydrogen-bond acceptors (Lipinski definition) is 2. The van der Waals surface area contributed by atoms with Crippen LogP contribution in [0.1, 0.15) is 41.0 Å². The molecule has 36 heavy (non-hydrogen) atoms. The van der Waals surface area contributed by atoms with Crippen LogP contribution in [0.3, 0.4) is 0 Å². The van der Waals surface area contributed by atoms with Crippen LogP contribution in [0.25, 0.3) is 0 Å². The van der Waals surface area contributed by atoms with Gasteiger partial charge >= 0.3 is 0 Å². The van der Waals surface area contributed by atoms with Crippen molar-refractivity contribution in [1.82, 2.24) is 0 Å². The topological polar surface area (TPSA) is 26.3 Å². The SMILES string of the molecule is O=C1C[C@]2(Cc3ccccc3)[C@@H](OCc3ccccc3)C[C@H](c3ccccc3)[C@]12Cc1ccccc1. The van der Waals surface area contributed by atoms with Crippen LogP contribution in [0.5, 0.6) is 0 Å². The van der Waals surface area contributed by atoms with Crippen molar-refractivity contribution in [2.45, 2.75) is 44.3 Å². The standard InChI is InChI=1S/C34H32O2/c35-31-24-33(22-26-13-5-1-6-14-26)32(36-25-28-17-9-3-10-18-28)21-30(29-19-11-4-12-20-29)34(31,33)23-27-15-7-2-8-16-27/h1-20,30,32H,21-25H2/t30-,32+,33-,34-/m1/s1. The molecule has 4 aromatic rings. The van der Waals surface area contributed by atoms with Gasteiger partial charge in [-0.05, 0) is 47.4 Å². The van der Waals surface area contributed by atoms with Gasteiger partial charge < -0.3 is 4.74 Å². The van der Waals surface area contributed by atoms with E-state index in [1.807, 2.05) is 6.07 Å². The van der Waals surface area contributed by atoms with Gasteiger partial charge in [0.05, 0.1) is 12.7 Å². The molecule has 0 spiro atoms. The maximum atomic E-state index is 14.0. The Morgan fingerprint density at radius 3 is 1.69 bits per heavy atom. The predicted molar refractivity (Wildman–Crippen MR) is 144 cm³/mol. The lowest BCUT2D eigenvalue weighted by Crippen LogP contribution is -2.63. The summed E-state index contributed by atoms with van der Waals surface area (Å²) in [5.74, 6) is 0.520. The first-order valence-corrected chi connectivity index (χ1v) is 13.0. The third-order valence-corrected chi connectivity index (χ3v) is 8.71. The zero-order valence-corrected chi connectivity index (χ0v) is 20.6. The lowest BCUT2D eigenvalue weighted by atomic mass is 9.43. The number of ketones is 1. The average molecular weight is 473 g/mol. The second-order valence-corrected chi connectivity index (χ2v) is 10.5. The van der Waals surface area contributed by atoms with E-state index in [4.69, 9.17) is 4.74 Å². The largest absolute Gasteiger partial charge is 0.373 e. The molecule has 0 saturated heterocycles. The lowest BCUT2D eigenvalue weighted by Gasteiger charge is -2.58. The fourth-order valence-electron chi connectivity index (χ4n) is 7.07. The minimum Gasteiger partial charge on any atom is -0.373 e. The molecule has 2 aliphatic rings. The normalized spacial score (nSPS) is 26.8. The second-order valence-electron chi connectivity index (χ2n) is 10.5. The van der Waals surface area contributed by atoms with Crippen molar-refractivity contribution in [3.8, 4) is 0 Å². The van der Waals surface area contributed by atoms with Gasteiger partial charge in [0, 0.05) is 17.3 Å². The van der Waals surface area contributed by atoms with E-state index in [1.165, 1.54) is 22.3 Å². The van der Waals surface area contributed by atoms with Crippen LogP contribution in [0.15, 0.2) is 121 Å². The fourth-order valence-corrected chi connectivity index (χ4v) is 7.07. The molecule has 0 unspecified atom stereocenters. The number of benzene rings is 4. The van der Waals surface area contributed by atoms with Crippen LogP contribution in [0.2, 0.25) is 0 Å². The quantitative estimate of drug-likeness (QED) is 0.271. The highest BCUT2D eigenvalue weighted by Gasteiger charge is 2.75. The van der Waals surface area contributed by atoms with Crippen molar-refractivity contribution in [2.24, 2.45) is 10.8 Å². The van der Waals surface area contributed by atoms with Gasteiger partial charge in [0.2, 0.25) is 0 Å². The summed E-state index contributed by atoms with van der Waals surface area (Å²) in [4.78, 5) is 14.0. The highest BCUT2D eigenvalue weighted by Crippen LogP contribution is 2.72. The lowest BCUT2D eigenvalue weighted by molar-refractivity contribution is -0.174. The average Bonchev–Trinajstić information content (AvgIpc) is 3.14. The summed E-state index contributed by atoms with van der Waals surface area (Å²) in [7, 11) is 0. The first kappa shape index (κ1) is 22.9. The van der Waals surface area contributed by atoms with Gasteiger partial charge in [0.1, 0.15) is 5.78 Å². The monoisotopic (exact) mass is 472 g/mol. The summed E-state index contributed by atoms with van der Waals surface area (Å²) in [6, 6.07) is 42.3. The van der Waals surface area contributed by atoms with Crippen LogP contribution in [-0.4, -0.2) is 11.9 Å². The Hall–Kier alpha value is -3.49. The van der Waals surface area contributed by atoms with Crippen LogP contribution in [-0.2, 0) is 29.0 Å². The predicted octanol–water partition coefficient (Wildman–Crippen LogP) is 7.19. The molecule has 6 rings (SSSR count). The molecular weight excluding hydrogens is 440 g/mol. The molecule has 180 valence electrons. The van der Waals surface area contributed by atoms with Crippen LogP contribution >= 0.6 is 0 Å². The summed E-state index contributed by atoms with van der Waals surface area (Å²) in [5.41, 5.74) is 4.22. The highest BCUT2D eigenvalue weighted by atomic mass is 16.5. The number of fused-ring (bicyclic) bond motifs is 1. The van der Waals surface area contributed by atoms with Crippen molar-refractivity contribution in [2.75, 3.05) is 0 Å². The summed E-state index contributed by atoms with van der Waals surface area (Å²) < 4.78 is 6.81. The summed E-state index contributed by atoms with van der Waals surface area (Å²) >= 11 is 0. The third-order valence-electron chi connectivity index (χ3n) is 8.71. The van der Waals surface area contributed by atoms with E-state index in [2.05, 4.69) is 115 Å². The molecule has 4 aromatic carbocycles. The van der Waals surface area contributed by atoms with Crippen molar-refractivity contribution >= 4 is 5.78 Å². The van der Waals surface area contributed by atoms with Crippen molar-refractivity contribution < 1.29 is 9.53 Å². The zero-order chi connectivity index (χ0) is 24.4. The van der Waals surface area contributed by atoms with Gasteiger partial charge in [0.15, 0.2) is 0 Å². The molecule has 0 amide bonds. The molecule has 2 saturated carbocycles. The Bertz CT molecular complexity index is 1300. The fraction of sp³-hybridized carbons (Fsp3) is 0.265. The van der Waals surface area contributed by atoms with Gasteiger partial charge in [0.25, 0.3) is 0 Å². The number of rotatable bonds is 8. The maximum absolute atomic E-state index is 14.0. The molecule has 2 heteroatoms. The van der Waals surface area contributed by atoms with Crippen LogP contribution < -0.4 is 0 Å². The molecule has 0 aromatic heterocycles. The van der Waals surface area contributed by atoms with E-state index in [0.717, 1.165) is 19.3 Å². The molecule has 2 aliphatic carbocycles.